The quantitative estimate of drug-likeness (QED) is 0.840. The fourth-order valence-electron chi connectivity index (χ4n) is 3.40. The summed E-state index contributed by atoms with van der Waals surface area (Å²) in [4.78, 5) is 17.5. The summed E-state index contributed by atoms with van der Waals surface area (Å²) in [6.45, 7) is 0.805. The lowest BCUT2D eigenvalue weighted by atomic mass is 9.91. The van der Waals surface area contributed by atoms with Crippen LogP contribution >= 0.6 is 0 Å². The van der Waals surface area contributed by atoms with Gasteiger partial charge in [0.25, 0.3) is 0 Å². The highest BCUT2D eigenvalue weighted by atomic mass is 19.3. The van der Waals surface area contributed by atoms with E-state index in [1.807, 2.05) is 14.0 Å². The van der Waals surface area contributed by atoms with Crippen LogP contribution in [0.3, 0.4) is 0 Å². The van der Waals surface area contributed by atoms with Gasteiger partial charge in [-0.15, -0.1) is 5.10 Å². The van der Waals surface area contributed by atoms with Gasteiger partial charge in [0.05, 0.1) is 5.54 Å². The number of halogens is 2. The van der Waals surface area contributed by atoms with Crippen molar-refractivity contribution in [2.75, 3.05) is 25.5 Å². The number of likely N-dealkylation sites (tertiary alicyclic amines) is 1. The molecule has 1 fully saturated rings. The molecule has 3 rings (SSSR count). The molecule has 1 atom stereocenters. The zero-order valence-electron chi connectivity index (χ0n) is 14.1. The number of alkyl halides is 2. The third kappa shape index (κ3) is 3.78. The maximum Gasteiger partial charge on any atom is 0.388 e. The molecule has 136 valence electrons. The molecule has 1 aliphatic rings. The van der Waals surface area contributed by atoms with E-state index in [-0.39, 0.29) is 17.0 Å². The van der Waals surface area contributed by atoms with E-state index in [4.69, 9.17) is 0 Å². The van der Waals surface area contributed by atoms with Crippen molar-refractivity contribution in [3.63, 3.8) is 0 Å². The zero-order chi connectivity index (χ0) is 18.0. The second-order valence-corrected chi connectivity index (χ2v) is 6.48. The van der Waals surface area contributed by atoms with Crippen molar-refractivity contribution in [2.24, 2.45) is 0 Å². The normalized spacial score (nSPS) is 21.5. The van der Waals surface area contributed by atoms with Gasteiger partial charge in [0.1, 0.15) is 5.82 Å². The fraction of sp³-hybridized carbons (Fsp3) is 0.533. The first-order valence-corrected chi connectivity index (χ1v) is 7.97. The van der Waals surface area contributed by atoms with E-state index < -0.39 is 6.61 Å². The van der Waals surface area contributed by atoms with Crippen LogP contribution in [-0.4, -0.2) is 46.4 Å². The Balaban J connectivity index is 1.91. The Labute approximate surface area is 142 Å². The average Bonchev–Trinajstić information content (AvgIpc) is 2.93. The number of aromatic amines is 2. The minimum absolute atomic E-state index is 0.175. The van der Waals surface area contributed by atoms with Gasteiger partial charge >= 0.3 is 12.2 Å². The van der Waals surface area contributed by atoms with Crippen LogP contribution < -0.4 is 20.6 Å². The first-order chi connectivity index (χ1) is 11.9. The monoisotopic (exact) mass is 355 g/mol. The van der Waals surface area contributed by atoms with Crippen LogP contribution in [0.15, 0.2) is 23.3 Å². The van der Waals surface area contributed by atoms with Crippen molar-refractivity contribution >= 4 is 11.6 Å². The van der Waals surface area contributed by atoms with E-state index in [0.717, 1.165) is 25.9 Å². The van der Waals surface area contributed by atoms with Gasteiger partial charge in [-0.2, -0.15) is 8.78 Å². The molecule has 1 unspecified atom stereocenters. The Kier molecular flexibility index (Phi) is 4.71. The molecule has 8 nitrogen and oxygen atoms in total. The molecule has 1 aliphatic heterocycles. The first-order valence-electron chi connectivity index (χ1n) is 7.97. The average molecular weight is 355 g/mol. The highest BCUT2D eigenvalue weighted by molar-refractivity contribution is 5.52. The Morgan fingerprint density at radius 1 is 1.48 bits per heavy atom. The van der Waals surface area contributed by atoms with Crippen molar-refractivity contribution in [2.45, 2.75) is 31.9 Å². The summed E-state index contributed by atoms with van der Waals surface area (Å²) in [6, 6.07) is 1.31. The van der Waals surface area contributed by atoms with Gasteiger partial charge in [0.15, 0.2) is 5.82 Å². The SMILES string of the molecule is CN1CCCC(C)(n2c(Nc3cc(OC(F)F)n[nH]3)c[nH+]cc2=O)C1. The Morgan fingerprint density at radius 3 is 3.00 bits per heavy atom. The smallest absolute Gasteiger partial charge is 0.388 e. The molecule has 0 bridgehead atoms. The molecule has 2 aromatic rings. The third-order valence-electron chi connectivity index (χ3n) is 4.32. The standard InChI is InChI=1S/C15H20F2N6O2/c1-15(4-3-5-22(2)9-15)23-11(7-18-8-13(23)24)19-10-6-12(21-20-10)25-14(16)17/h6-8,14H,3-5,9H2,1-2H3,(H2,19,20,21)/p+1. The first kappa shape index (κ1) is 17.3. The Bertz CT molecular complexity index is 792. The second kappa shape index (κ2) is 6.79. The highest BCUT2D eigenvalue weighted by Gasteiger charge is 2.34. The summed E-state index contributed by atoms with van der Waals surface area (Å²) in [5.41, 5.74) is -0.560. The van der Waals surface area contributed by atoms with Crippen molar-refractivity contribution in [1.29, 1.82) is 0 Å². The maximum atomic E-state index is 12.5. The number of piperidine rings is 1. The maximum absolute atomic E-state index is 12.5. The molecule has 0 amide bonds. The summed E-state index contributed by atoms with van der Waals surface area (Å²) in [5.74, 6) is 0.628. The molecule has 10 heteroatoms. The Hall–Kier alpha value is -2.49. The van der Waals surface area contributed by atoms with Crippen molar-refractivity contribution in [3.05, 3.63) is 28.8 Å². The zero-order valence-corrected chi connectivity index (χ0v) is 14.1. The predicted molar refractivity (Wildman–Crippen MR) is 86.1 cm³/mol. The van der Waals surface area contributed by atoms with Crippen LogP contribution in [0.25, 0.3) is 0 Å². The lowest BCUT2D eigenvalue weighted by Gasteiger charge is -2.40. The summed E-state index contributed by atoms with van der Waals surface area (Å²) in [7, 11) is 2.02. The minimum atomic E-state index is -2.95. The highest BCUT2D eigenvalue weighted by Crippen LogP contribution is 2.30. The van der Waals surface area contributed by atoms with Crippen molar-refractivity contribution in [1.82, 2.24) is 19.7 Å². The van der Waals surface area contributed by atoms with Crippen LogP contribution in [-0.2, 0) is 5.54 Å². The summed E-state index contributed by atoms with van der Waals surface area (Å²) in [5, 5.41) is 9.24. The van der Waals surface area contributed by atoms with Gasteiger partial charge in [-0.1, -0.05) is 0 Å². The predicted octanol–water partition coefficient (Wildman–Crippen LogP) is 1.17. The molecule has 0 spiro atoms. The number of hydrogen-bond acceptors (Lipinski definition) is 5. The summed E-state index contributed by atoms with van der Waals surface area (Å²) in [6.07, 6.45) is 4.88. The molecular formula is C15H21F2N6O2+. The van der Waals surface area contributed by atoms with Gasteiger partial charge in [-0.3, -0.25) is 14.5 Å². The molecule has 2 aromatic heterocycles. The van der Waals surface area contributed by atoms with Gasteiger partial charge in [0.2, 0.25) is 18.3 Å². The van der Waals surface area contributed by atoms with E-state index >= 15 is 0 Å². The molecule has 0 radical (unpaired) electrons. The van der Waals surface area contributed by atoms with Gasteiger partial charge < -0.3 is 15.0 Å². The molecule has 0 saturated carbocycles. The van der Waals surface area contributed by atoms with Crippen LogP contribution in [0, 0.1) is 0 Å². The topological polar surface area (TPSA) is 89.3 Å². The molecule has 3 N–H and O–H groups in total. The summed E-state index contributed by atoms with van der Waals surface area (Å²) >= 11 is 0. The Morgan fingerprint density at radius 2 is 2.28 bits per heavy atom. The molecule has 25 heavy (non-hydrogen) atoms. The number of anilines is 2. The number of rotatable bonds is 5. The fourth-order valence-corrected chi connectivity index (χ4v) is 3.40. The third-order valence-corrected chi connectivity index (χ3v) is 4.32. The van der Waals surface area contributed by atoms with Crippen LogP contribution in [0.1, 0.15) is 19.8 Å². The minimum Gasteiger partial charge on any atom is -0.415 e. The molecule has 0 aromatic carbocycles. The lowest BCUT2D eigenvalue weighted by Crippen LogP contribution is -2.51. The number of aromatic nitrogens is 4. The number of hydrogen-bond donors (Lipinski definition) is 2. The lowest BCUT2D eigenvalue weighted by molar-refractivity contribution is -0.380. The largest absolute Gasteiger partial charge is 0.415 e. The number of nitrogens with zero attached hydrogens (tertiary/aromatic N) is 3. The van der Waals surface area contributed by atoms with Crippen molar-refractivity contribution in [3.8, 4) is 5.88 Å². The number of nitrogens with one attached hydrogen (secondary N) is 3. The number of H-pyrrole nitrogens is 2. The van der Waals surface area contributed by atoms with E-state index in [1.54, 1.807) is 10.8 Å². The van der Waals surface area contributed by atoms with E-state index in [1.165, 1.54) is 12.3 Å². The van der Waals surface area contributed by atoms with Gasteiger partial charge in [0, 0.05) is 12.6 Å². The summed E-state index contributed by atoms with van der Waals surface area (Å²) < 4.78 is 30.4. The number of ether oxygens (including phenoxy) is 1. The van der Waals surface area contributed by atoms with Crippen LogP contribution in [0.4, 0.5) is 20.4 Å². The molecule has 0 aliphatic carbocycles. The molecular weight excluding hydrogens is 334 g/mol. The van der Waals surface area contributed by atoms with E-state index in [2.05, 4.69) is 30.1 Å². The molecule has 1 saturated heterocycles. The van der Waals surface area contributed by atoms with Crippen molar-refractivity contribution < 1.29 is 18.5 Å². The van der Waals surface area contributed by atoms with Crippen LogP contribution in [0.5, 0.6) is 5.88 Å². The van der Waals surface area contributed by atoms with E-state index in [0.29, 0.717) is 11.6 Å². The second-order valence-electron chi connectivity index (χ2n) is 6.48. The number of likely N-dealkylation sites (N-methyl/N-ethyl adjacent to an activating group) is 1. The van der Waals surface area contributed by atoms with E-state index in [9.17, 15) is 13.6 Å². The molecule has 3 heterocycles. The van der Waals surface area contributed by atoms with Gasteiger partial charge in [-0.05, 0) is 33.4 Å². The van der Waals surface area contributed by atoms with Gasteiger partial charge in [-0.25, -0.2) is 4.98 Å². The van der Waals surface area contributed by atoms with Crippen LogP contribution in [0.2, 0.25) is 0 Å².